The highest BCUT2D eigenvalue weighted by molar-refractivity contribution is 7.66. The molecule has 0 bridgehead atoms. The molecular weight excluding hydrogens is 545 g/mol. The molecule has 2 rings (SSSR count). The van der Waals surface area contributed by atoms with Gasteiger partial charge < -0.3 is 34.2 Å². The molecule has 200 valence electrons. The van der Waals surface area contributed by atoms with Crippen LogP contribution in [-0.2, 0) is 36.3 Å². The quantitative estimate of drug-likeness (QED) is 0.132. The molecule has 1 aromatic heterocycles. The van der Waals surface area contributed by atoms with Crippen LogP contribution in [0.1, 0.15) is 36.2 Å². The fourth-order valence-corrected chi connectivity index (χ4v) is 5.90. The fourth-order valence-electron chi connectivity index (χ4n) is 2.87. The number of carbonyl (C=O) groups excluding carboxylic acids is 1. The minimum atomic E-state index is -5.73. The predicted octanol–water partition coefficient (Wildman–Crippen LogP) is -0.862. The molecule has 0 radical (unpaired) electrons. The molecule has 21 heteroatoms. The summed E-state index contributed by atoms with van der Waals surface area (Å²) in [5, 5.41) is 10.2. The molecule has 0 amide bonds. The molecule has 0 aliphatic carbocycles. The van der Waals surface area contributed by atoms with E-state index in [1.54, 1.807) is 6.92 Å². The van der Waals surface area contributed by atoms with Crippen LogP contribution in [0.2, 0.25) is 0 Å². The normalized spacial score (nSPS) is 24.1. The molecule has 18 nitrogen and oxygen atoms in total. The summed E-state index contributed by atoms with van der Waals surface area (Å²) in [7, 11) is -16.8. The number of hydrogen-bond acceptors (Lipinski definition) is 12. The van der Waals surface area contributed by atoms with Crippen molar-refractivity contribution in [2.75, 3.05) is 19.8 Å². The van der Waals surface area contributed by atoms with Gasteiger partial charge in [0.15, 0.2) is 0 Å². The summed E-state index contributed by atoms with van der Waals surface area (Å²) in [6, 6.07) is 0. The van der Waals surface area contributed by atoms with Crippen molar-refractivity contribution in [3.05, 3.63) is 32.6 Å². The third-order valence-electron chi connectivity index (χ3n) is 4.29. The zero-order chi connectivity index (χ0) is 26.6. The molecule has 1 fully saturated rings. The summed E-state index contributed by atoms with van der Waals surface area (Å²) in [5.74, 6) is -0.691. The Kier molecular flexibility index (Phi) is 10.1. The number of H-pyrrole nitrogens is 1. The van der Waals surface area contributed by atoms with Crippen LogP contribution in [-0.4, -0.2) is 72.2 Å². The average molecular weight is 568 g/mol. The number of phosphoric acid groups is 3. The minimum Gasteiger partial charge on any atom is -0.390 e. The van der Waals surface area contributed by atoms with Crippen molar-refractivity contribution in [2.24, 2.45) is 0 Å². The van der Waals surface area contributed by atoms with Gasteiger partial charge in [0.1, 0.15) is 6.10 Å². The van der Waals surface area contributed by atoms with Gasteiger partial charge in [-0.15, -0.1) is 0 Å². The SMILES string of the molecule is CCOCCC(=O)n1cc([C@H]2C[C@H](O)[C@@H](COP(=O)(O)OP(=O)(O)OP(=O)(O)O)O2)c(=O)[nH]c1=O. The van der Waals surface area contributed by atoms with E-state index in [0.717, 1.165) is 6.20 Å². The van der Waals surface area contributed by atoms with E-state index < -0.39 is 65.5 Å². The Balaban J connectivity index is 2.09. The Morgan fingerprint density at radius 2 is 1.83 bits per heavy atom. The molecule has 1 aliphatic rings. The number of aliphatic hydroxyl groups excluding tert-OH is 1. The van der Waals surface area contributed by atoms with Gasteiger partial charge in [-0.3, -0.25) is 19.1 Å². The summed E-state index contributed by atoms with van der Waals surface area (Å²) in [4.78, 5) is 74.0. The first-order chi connectivity index (χ1) is 16.0. The number of carbonyl (C=O) groups is 1. The summed E-state index contributed by atoms with van der Waals surface area (Å²) in [6.07, 6.45) is -3.54. The largest absolute Gasteiger partial charge is 0.490 e. The number of phosphoric ester groups is 1. The van der Waals surface area contributed by atoms with Crippen LogP contribution >= 0.6 is 23.5 Å². The van der Waals surface area contributed by atoms with E-state index in [0.29, 0.717) is 11.2 Å². The van der Waals surface area contributed by atoms with Crippen molar-refractivity contribution < 1.29 is 65.8 Å². The molecule has 35 heavy (non-hydrogen) atoms. The smallest absolute Gasteiger partial charge is 0.390 e. The summed E-state index contributed by atoms with van der Waals surface area (Å²) >= 11 is 0. The molecule has 1 saturated heterocycles. The van der Waals surface area contributed by atoms with Gasteiger partial charge in [0.05, 0.1) is 37.4 Å². The summed E-state index contributed by atoms with van der Waals surface area (Å²) in [5.41, 5.74) is -2.16. The first-order valence-electron chi connectivity index (χ1n) is 9.62. The molecule has 5 atom stereocenters. The van der Waals surface area contributed by atoms with Gasteiger partial charge in [-0.1, -0.05) is 0 Å². The van der Waals surface area contributed by atoms with E-state index >= 15 is 0 Å². The van der Waals surface area contributed by atoms with E-state index in [4.69, 9.17) is 24.2 Å². The molecule has 2 heterocycles. The van der Waals surface area contributed by atoms with Gasteiger partial charge in [0.2, 0.25) is 5.91 Å². The fraction of sp³-hybridized carbons (Fsp3) is 0.643. The molecule has 1 aliphatic heterocycles. The number of aromatic nitrogens is 2. The Hall–Kier alpha value is -1.36. The standard InChI is InChI=1S/C14H23N2O16P3/c1-2-28-4-3-12(18)16-6-8(13(19)15-14(16)20)10-5-9(17)11(30-10)7-29-34(24,25)32-35(26,27)31-33(21,22)23/h6,9-11,17H,2-5,7H2,1H3,(H,24,25)(H,26,27)(H,15,19,20)(H2,21,22,23)/t9-,10+,11+/m0/s1. The third-order valence-corrected chi connectivity index (χ3v) is 8.09. The van der Waals surface area contributed by atoms with E-state index in [1.165, 1.54) is 0 Å². The van der Waals surface area contributed by atoms with Gasteiger partial charge in [0, 0.05) is 19.2 Å². The van der Waals surface area contributed by atoms with Crippen molar-refractivity contribution in [1.29, 1.82) is 0 Å². The zero-order valence-corrected chi connectivity index (χ0v) is 20.5. The van der Waals surface area contributed by atoms with E-state index in [2.05, 4.69) is 13.1 Å². The van der Waals surface area contributed by atoms with Crippen molar-refractivity contribution in [3.8, 4) is 0 Å². The Morgan fingerprint density at radius 3 is 2.43 bits per heavy atom. The van der Waals surface area contributed by atoms with Crippen LogP contribution in [0.4, 0.5) is 0 Å². The van der Waals surface area contributed by atoms with E-state index in [1.807, 2.05) is 4.98 Å². The lowest BCUT2D eigenvalue weighted by Gasteiger charge is -2.19. The highest BCUT2D eigenvalue weighted by atomic mass is 31.3. The number of hydrogen-bond donors (Lipinski definition) is 6. The number of nitrogens with one attached hydrogen (secondary N) is 1. The lowest BCUT2D eigenvalue weighted by molar-refractivity contribution is -0.0225. The lowest BCUT2D eigenvalue weighted by atomic mass is 10.1. The molecule has 1 aromatic rings. The van der Waals surface area contributed by atoms with E-state index in [9.17, 15) is 38.1 Å². The Bertz CT molecular complexity index is 1170. The second kappa shape index (κ2) is 11.8. The van der Waals surface area contributed by atoms with Crippen LogP contribution in [0.3, 0.4) is 0 Å². The topological polar surface area (TPSA) is 270 Å². The second-order valence-electron chi connectivity index (χ2n) is 6.91. The minimum absolute atomic E-state index is 0.0253. The zero-order valence-electron chi connectivity index (χ0n) is 17.9. The molecular formula is C14H23N2O16P3. The van der Waals surface area contributed by atoms with Crippen molar-refractivity contribution in [3.63, 3.8) is 0 Å². The van der Waals surface area contributed by atoms with Crippen LogP contribution in [0.15, 0.2) is 15.8 Å². The Morgan fingerprint density at radius 1 is 1.17 bits per heavy atom. The van der Waals surface area contributed by atoms with E-state index in [-0.39, 0.29) is 25.0 Å². The van der Waals surface area contributed by atoms with Crippen LogP contribution in [0.5, 0.6) is 0 Å². The number of aliphatic hydroxyl groups is 1. The molecule has 6 N–H and O–H groups in total. The maximum atomic E-state index is 12.2. The van der Waals surface area contributed by atoms with Gasteiger partial charge in [0.25, 0.3) is 5.56 Å². The number of aromatic amines is 1. The maximum absolute atomic E-state index is 12.2. The molecule has 0 aromatic carbocycles. The average Bonchev–Trinajstić information content (AvgIpc) is 3.04. The van der Waals surface area contributed by atoms with Crippen molar-refractivity contribution >= 4 is 29.4 Å². The predicted molar refractivity (Wildman–Crippen MR) is 111 cm³/mol. The van der Waals surface area contributed by atoms with Crippen LogP contribution < -0.4 is 11.2 Å². The highest BCUT2D eigenvalue weighted by Crippen LogP contribution is 2.66. The van der Waals surface area contributed by atoms with Gasteiger partial charge in [-0.2, -0.15) is 8.62 Å². The van der Waals surface area contributed by atoms with Crippen molar-refractivity contribution in [2.45, 2.75) is 38.1 Å². The van der Waals surface area contributed by atoms with Gasteiger partial charge in [-0.05, 0) is 6.92 Å². The van der Waals surface area contributed by atoms with Crippen LogP contribution in [0.25, 0.3) is 0 Å². The van der Waals surface area contributed by atoms with Crippen molar-refractivity contribution in [1.82, 2.24) is 9.55 Å². The summed E-state index contributed by atoms with van der Waals surface area (Å²) < 4.78 is 56.4. The number of nitrogens with zero attached hydrogens (tertiary/aromatic N) is 1. The maximum Gasteiger partial charge on any atom is 0.490 e. The monoisotopic (exact) mass is 568 g/mol. The number of ether oxygens (including phenoxy) is 2. The molecule has 2 unspecified atom stereocenters. The van der Waals surface area contributed by atoms with Gasteiger partial charge in [-0.25, -0.2) is 23.1 Å². The Labute approximate surface area is 195 Å². The summed E-state index contributed by atoms with van der Waals surface area (Å²) in [6.45, 7) is 1.12. The lowest BCUT2D eigenvalue weighted by Crippen LogP contribution is -2.36. The molecule has 0 saturated carbocycles. The van der Waals surface area contributed by atoms with Crippen LogP contribution in [0, 0.1) is 0 Å². The number of rotatable bonds is 12. The van der Waals surface area contributed by atoms with Gasteiger partial charge >= 0.3 is 29.2 Å². The highest BCUT2D eigenvalue weighted by Gasteiger charge is 2.43. The molecule has 0 spiro atoms. The third kappa shape index (κ3) is 9.22. The first kappa shape index (κ1) is 29.9. The second-order valence-corrected chi connectivity index (χ2v) is 11.3. The first-order valence-corrected chi connectivity index (χ1v) is 14.1.